The van der Waals surface area contributed by atoms with Crippen LogP contribution in [0.4, 0.5) is 0 Å². The maximum atomic E-state index is 12.3. The molecule has 0 saturated carbocycles. The van der Waals surface area contributed by atoms with E-state index in [1.54, 1.807) is 35.6 Å². The summed E-state index contributed by atoms with van der Waals surface area (Å²) in [7, 11) is 0. The molecule has 7 heteroatoms. The molecule has 1 aliphatic rings. The number of aromatic nitrogens is 3. The van der Waals surface area contributed by atoms with Crippen LogP contribution in [0.25, 0.3) is 0 Å². The number of carboxylic acid groups (broad SMARTS) is 1. The van der Waals surface area contributed by atoms with Crippen molar-refractivity contribution in [1.29, 1.82) is 0 Å². The summed E-state index contributed by atoms with van der Waals surface area (Å²) in [4.78, 5) is 28.7. The van der Waals surface area contributed by atoms with Crippen molar-refractivity contribution in [2.45, 2.75) is 25.3 Å². The first-order valence-electron chi connectivity index (χ1n) is 7.21. The Balaban J connectivity index is 1.79. The molecule has 2 N–H and O–H groups in total. The minimum Gasteiger partial charge on any atom is -0.479 e. The molecule has 2 aromatic heterocycles. The zero-order chi connectivity index (χ0) is 15.7. The molecule has 3 heterocycles. The predicted molar refractivity (Wildman–Crippen MR) is 78.5 cm³/mol. The van der Waals surface area contributed by atoms with Gasteiger partial charge in [0.15, 0.2) is 5.54 Å². The van der Waals surface area contributed by atoms with Gasteiger partial charge in [-0.2, -0.15) is 5.10 Å². The van der Waals surface area contributed by atoms with Gasteiger partial charge in [-0.1, -0.05) is 0 Å². The van der Waals surface area contributed by atoms with Gasteiger partial charge in [-0.3, -0.25) is 9.48 Å². The van der Waals surface area contributed by atoms with E-state index in [-0.39, 0.29) is 5.91 Å². The van der Waals surface area contributed by atoms with E-state index in [0.29, 0.717) is 31.6 Å². The normalized spacial score (nSPS) is 17.4. The van der Waals surface area contributed by atoms with Gasteiger partial charge < -0.3 is 15.0 Å². The molecule has 0 unspecified atom stereocenters. The highest BCUT2D eigenvalue weighted by Crippen LogP contribution is 2.31. The highest BCUT2D eigenvalue weighted by Gasteiger charge is 2.45. The number of aliphatic carboxylic acids is 1. The van der Waals surface area contributed by atoms with Crippen molar-refractivity contribution >= 4 is 11.9 Å². The number of hydrogen-bond acceptors (Lipinski definition) is 3. The molecule has 1 aliphatic heterocycles. The van der Waals surface area contributed by atoms with Gasteiger partial charge in [-0.25, -0.2) is 4.79 Å². The third-order valence-corrected chi connectivity index (χ3v) is 4.25. The molecule has 0 aliphatic carbocycles. The lowest BCUT2D eigenvalue weighted by atomic mass is 9.87. The Morgan fingerprint density at radius 2 is 2.09 bits per heavy atom. The Hall–Kier alpha value is -2.57. The average Bonchev–Trinajstić information content (AvgIpc) is 3.18. The Labute approximate surface area is 127 Å². The van der Waals surface area contributed by atoms with E-state index in [2.05, 4.69) is 10.1 Å². The van der Waals surface area contributed by atoms with Crippen molar-refractivity contribution in [2.75, 3.05) is 13.1 Å². The summed E-state index contributed by atoms with van der Waals surface area (Å²) >= 11 is 0. The average molecular weight is 302 g/mol. The van der Waals surface area contributed by atoms with Crippen LogP contribution < -0.4 is 0 Å². The van der Waals surface area contributed by atoms with Crippen molar-refractivity contribution < 1.29 is 14.7 Å². The summed E-state index contributed by atoms with van der Waals surface area (Å²) in [5, 5.41) is 13.9. The van der Waals surface area contributed by atoms with Crippen molar-refractivity contribution in [3.8, 4) is 0 Å². The van der Waals surface area contributed by atoms with E-state index in [4.69, 9.17) is 0 Å². The molecule has 1 amide bonds. The lowest BCUT2D eigenvalue weighted by Gasteiger charge is -2.38. The zero-order valence-corrected chi connectivity index (χ0v) is 12.3. The van der Waals surface area contributed by atoms with Crippen molar-refractivity contribution in [3.63, 3.8) is 0 Å². The van der Waals surface area contributed by atoms with Crippen LogP contribution in [0.1, 0.15) is 28.9 Å². The van der Waals surface area contributed by atoms with Gasteiger partial charge in [-0.05, 0) is 24.6 Å². The summed E-state index contributed by atoms with van der Waals surface area (Å²) in [6, 6.07) is 3.49. The largest absolute Gasteiger partial charge is 0.479 e. The Kier molecular flexibility index (Phi) is 3.48. The minimum atomic E-state index is -1.07. The molecule has 1 saturated heterocycles. The van der Waals surface area contributed by atoms with Gasteiger partial charge in [0.25, 0.3) is 5.91 Å². The van der Waals surface area contributed by atoms with Crippen molar-refractivity contribution in [1.82, 2.24) is 19.7 Å². The smallest absolute Gasteiger partial charge is 0.331 e. The summed E-state index contributed by atoms with van der Waals surface area (Å²) in [6.45, 7) is 2.66. The Bertz CT molecular complexity index is 681. The van der Waals surface area contributed by atoms with Crippen molar-refractivity contribution in [2.24, 2.45) is 0 Å². The van der Waals surface area contributed by atoms with E-state index in [9.17, 15) is 14.7 Å². The quantitative estimate of drug-likeness (QED) is 0.892. The maximum absolute atomic E-state index is 12.3. The van der Waals surface area contributed by atoms with Crippen LogP contribution in [0.3, 0.4) is 0 Å². The van der Waals surface area contributed by atoms with Crippen molar-refractivity contribution in [3.05, 3.63) is 42.0 Å². The molecule has 0 aromatic carbocycles. The number of aryl methyl sites for hydroxylation is 1. The lowest BCUT2D eigenvalue weighted by molar-refractivity contribution is -0.150. The van der Waals surface area contributed by atoms with Gasteiger partial charge in [-0.15, -0.1) is 0 Å². The van der Waals surface area contributed by atoms with Crippen LogP contribution in [0.5, 0.6) is 0 Å². The number of carbonyl (C=O) groups excluding carboxylic acids is 1. The number of piperidine rings is 1. The van der Waals surface area contributed by atoms with Gasteiger partial charge in [0.05, 0.1) is 6.20 Å². The number of nitrogens with zero attached hydrogens (tertiary/aromatic N) is 3. The standard InChI is InChI=1S/C15H18N4O3/c1-11-9-17-19(10-11)15(14(21)22)4-7-18(8-5-15)13(20)12-3-2-6-16-12/h2-3,6,9-10,16H,4-5,7-8H2,1H3,(H,21,22). The van der Waals surface area contributed by atoms with E-state index in [1.807, 2.05) is 6.92 Å². The van der Waals surface area contributed by atoms with Gasteiger partial charge in [0.1, 0.15) is 5.69 Å². The predicted octanol–water partition coefficient (Wildman–Crippen LogP) is 1.24. The first-order valence-corrected chi connectivity index (χ1v) is 7.21. The molecule has 116 valence electrons. The summed E-state index contributed by atoms with van der Waals surface area (Å²) < 4.78 is 1.53. The monoisotopic (exact) mass is 302 g/mol. The van der Waals surface area contributed by atoms with Gasteiger partial charge in [0.2, 0.25) is 0 Å². The number of hydrogen-bond donors (Lipinski definition) is 2. The molecule has 0 spiro atoms. The van der Waals surface area contributed by atoms with Crippen LogP contribution in [0.15, 0.2) is 30.7 Å². The molecular formula is C15H18N4O3. The van der Waals surface area contributed by atoms with E-state index in [1.165, 1.54) is 4.68 Å². The molecule has 7 nitrogen and oxygen atoms in total. The SMILES string of the molecule is Cc1cnn(C2(C(=O)O)CCN(C(=O)c3ccc[nH]3)CC2)c1. The van der Waals surface area contributed by atoms with E-state index in [0.717, 1.165) is 5.56 Å². The Morgan fingerprint density at radius 3 is 2.59 bits per heavy atom. The summed E-state index contributed by atoms with van der Waals surface area (Å²) in [6.07, 6.45) is 5.79. The number of carbonyl (C=O) groups is 2. The fourth-order valence-corrected chi connectivity index (χ4v) is 2.90. The lowest BCUT2D eigenvalue weighted by Crippen LogP contribution is -2.52. The number of carboxylic acids is 1. The maximum Gasteiger partial charge on any atom is 0.331 e. The van der Waals surface area contributed by atoms with Gasteiger partial charge in [0, 0.05) is 38.3 Å². The summed E-state index contributed by atoms with van der Waals surface area (Å²) in [5.41, 5.74) is 0.379. The molecule has 0 radical (unpaired) electrons. The molecule has 2 aromatic rings. The van der Waals surface area contributed by atoms with E-state index < -0.39 is 11.5 Å². The fraction of sp³-hybridized carbons (Fsp3) is 0.400. The number of aromatic amines is 1. The molecule has 1 fully saturated rings. The highest BCUT2D eigenvalue weighted by molar-refractivity contribution is 5.92. The van der Waals surface area contributed by atoms with Crippen LogP contribution in [0, 0.1) is 6.92 Å². The third kappa shape index (κ3) is 2.28. The minimum absolute atomic E-state index is 0.0966. The van der Waals surface area contributed by atoms with Crippen LogP contribution in [-0.4, -0.2) is 49.7 Å². The topological polar surface area (TPSA) is 91.2 Å². The fourth-order valence-electron chi connectivity index (χ4n) is 2.90. The highest BCUT2D eigenvalue weighted by atomic mass is 16.4. The van der Waals surface area contributed by atoms with Gasteiger partial charge >= 0.3 is 5.97 Å². The zero-order valence-electron chi connectivity index (χ0n) is 12.3. The Morgan fingerprint density at radius 1 is 1.36 bits per heavy atom. The number of rotatable bonds is 3. The second-order valence-corrected chi connectivity index (χ2v) is 5.67. The second kappa shape index (κ2) is 5.32. The molecule has 0 atom stereocenters. The molecule has 22 heavy (non-hydrogen) atoms. The number of nitrogens with one attached hydrogen (secondary N) is 1. The first-order chi connectivity index (χ1) is 10.5. The van der Waals surface area contributed by atoms with Crippen LogP contribution >= 0.6 is 0 Å². The molecule has 0 bridgehead atoms. The number of likely N-dealkylation sites (tertiary alicyclic amines) is 1. The second-order valence-electron chi connectivity index (χ2n) is 5.67. The van der Waals surface area contributed by atoms with Crippen LogP contribution in [0.2, 0.25) is 0 Å². The first kappa shape index (κ1) is 14.4. The van der Waals surface area contributed by atoms with Crippen LogP contribution in [-0.2, 0) is 10.3 Å². The van der Waals surface area contributed by atoms with E-state index >= 15 is 0 Å². The summed E-state index contributed by atoms with van der Waals surface area (Å²) in [5.74, 6) is -0.997. The number of amides is 1. The number of H-pyrrole nitrogens is 1. The molecular weight excluding hydrogens is 284 g/mol. The molecule has 3 rings (SSSR count). The third-order valence-electron chi connectivity index (χ3n) is 4.25.